The minimum atomic E-state index is -3.93. The first-order chi connectivity index (χ1) is 13.3. The van der Waals surface area contributed by atoms with E-state index in [0.717, 1.165) is 0 Å². The molecule has 0 spiro atoms. The lowest BCUT2D eigenvalue weighted by Gasteiger charge is -2.17. The molecule has 8 nitrogen and oxygen atoms in total. The number of nitriles is 1. The van der Waals surface area contributed by atoms with E-state index in [1.807, 2.05) is 6.07 Å². The molecule has 0 radical (unpaired) electrons. The van der Waals surface area contributed by atoms with Gasteiger partial charge in [-0.3, -0.25) is 4.79 Å². The van der Waals surface area contributed by atoms with E-state index >= 15 is 0 Å². The van der Waals surface area contributed by atoms with Crippen molar-refractivity contribution in [2.45, 2.75) is 17.9 Å². The normalized spacial score (nSPS) is 15.4. The highest BCUT2D eigenvalue weighted by atomic mass is 32.2. The van der Waals surface area contributed by atoms with Crippen molar-refractivity contribution in [2.75, 3.05) is 13.2 Å². The first-order valence-electron chi connectivity index (χ1n) is 8.34. The summed E-state index contributed by atoms with van der Waals surface area (Å²) in [5, 5.41) is 8.76. The second-order valence-corrected chi connectivity index (χ2v) is 7.77. The van der Waals surface area contributed by atoms with E-state index in [1.54, 1.807) is 30.3 Å². The lowest BCUT2D eigenvalue weighted by molar-refractivity contribution is -0.151. The van der Waals surface area contributed by atoms with E-state index in [1.165, 1.54) is 25.1 Å². The van der Waals surface area contributed by atoms with Gasteiger partial charge in [0.2, 0.25) is 0 Å². The number of carbonyl (C=O) groups is 2. The molecule has 0 unspecified atom stereocenters. The average molecular weight is 400 g/mol. The predicted octanol–water partition coefficient (Wildman–Crippen LogP) is 1.71. The fourth-order valence-corrected chi connectivity index (χ4v) is 4.21. The van der Waals surface area contributed by atoms with Gasteiger partial charge >= 0.3 is 5.97 Å². The number of fused-ring (bicyclic) bond motifs is 1. The third kappa shape index (κ3) is 3.68. The summed E-state index contributed by atoms with van der Waals surface area (Å²) < 4.78 is 36.0. The van der Waals surface area contributed by atoms with Crippen molar-refractivity contribution in [2.24, 2.45) is 0 Å². The number of rotatable bonds is 6. The monoisotopic (exact) mass is 400 g/mol. The Morgan fingerprint density at radius 3 is 2.50 bits per heavy atom. The number of hydrogen-bond donors (Lipinski definition) is 0. The second-order valence-electron chi connectivity index (χ2n) is 5.94. The third-order valence-corrected chi connectivity index (χ3v) is 5.92. The fourth-order valence-electron chi connectivity index (χ4n) is 2.66. The summed E-state index contributed by atoms with van der Waals surface area (Å²) in [5.41, 5.74) is 0.561. The molecule has 144 valence electrons. The van der Waals surface area contributed by atoms with Gasteiger partial charge < -0.3 is 9.47 Å². The largest absolute Gasteiger partial charge is 0.479 e. The molecule has 0 saturated heterocycles. The van der Waals surface area contributed by atoms with E-state index in [2.05, 4.69) is 0 Å². The Kier molecular flexibility index (Phi) is 5.33. The van der Waals surface area contributed by atoms with Crippen molar-refractivity contribution < 1.29 is 27.5 Å². The van der Waals surface area contributed by atoms with Crippen LogP contribution in [0.1, 0.15) is 22.8 Å². The molecule has 1 amide bonds. The standard InChI is InChI=1S/C19H16N2O6S/c1-13(27-15-8-6-14(12-20)7-9-15)19(23)26-11-10-21-18(22)16-4-2-3-5-17(16)28(21,24)25/h2-9,13H,10-11H2,1H3/t13-/m0/s1. The number of amides is 1. The van der Waals surface area contributed by atoms with Crippen molar-refractivity contribution in [3.05, 3.63) is 59.7 Å². The molecule has 1 atom stereocenters. The molecule has 2 aromatic rings. The Labute approximate surface area is 162 Å². The maximum absolute atomic E-state index is 12.4. The molecular formula is C19H16N2O6S. The molecule has 0 bridgehead atoms. The summed E-state index contributed by atoms with van der Waals surface area (Å²) in [5.74, 6) is -0.962. The van der Waals surface area contributed by atoms with Gasteiger partial charge in [0.1, 0.15) is 17.3 Å². The Bertz CT molecular complexity index is 1060. The molecule has 28 heavy (non-hydrogen) atoms. The number of benzene rings is 2. The smallest absolute Gasteiger partial charge is 0.347 e. The summed E-state index contributed by atoms with van der Waals surface area (Å²) in [7, 11) is -3.93. The summed E-state index contributed by atoms with van der Waals surface area (Å²) in [6, 6.07) is 14.1. The minimum absolute atomic E-state index is 0.0520. The highest BCUT2D eigenvalue weighted by molar-refractivity contribution is 7.90. The van der Waals surface area contributed by atoms with Gasteiger partial charge in [-0.25, -0.2) is 17.5 Å². The Balaban J connectivity index is 1.55. The molecule has 3 rings (SSSR count). The molecule has 0 fully saturated rings. The van der Waals surface area contributed by atoms with Gasteiger partial charge in [-0.2, -0.15) is 5.26 Å². The van der Waals surface area contributed by atoms with Crippen LogP contribution in [0.15, 0.2) is 53.4 Å². The van der Waals surface area contributed by atoms with E-state index in [9.17, 15) is 18.0 Å². The van der Waals surface area contributed by atoms with Crippen molar-refractivity contribution in [1.82, 2.24) is 4.31 Å². The van der Waals surface area contributed by atoms with Gasteiger partial charge in [0, 0.05) is 0 Å². The van der Waals surface area contributed by atoms with Crippen LogP contribution in [0.5, 0.6) is 5.75 Å². The number of esters is 1. The zero-order chi connectivity index (χ0) is 20.3. The predicted molar refractivity (Wildman–Crippen MR) is 96.9 cm³/mol. The second kappa shape index (κ2) is 7.70. The van der Waals surface area contributed by atoms with Crippen LogP contribution in [0.4, 0.5) is 0 Å². The quantitative estimate of drug-likeness (QED) is 0.678. The summed E-state index contributed by atoms with van der Waals surface area (Å²) in [6.45, 7) is 0.901. The summed E-state index contributed by atoms with van der Waals surface area (Å²) >= 11 is 0. The Morgan fingerprint density at radius 1 is 1.18 bits per heavy atom. The molecule has 1 aliphatic heterocycles. The molecule has 1 heterocycles. The topological polar surface area (TPSA) is 114 Å². The van der Waals surface area contributed by atoms with Gasteiger partial charge in [0.25, 0.3) is 15.9 Å². The number of hydrogen-bond acceptors (Lipinski definition) is 7. The zero-order valence-electron chi connectivity index (χ0n) is 14.9. The molecule has 1 aliphatic rings. The Hall–Kier alpha value is -3.38. The van der Waals surface area contributed by atoms with Crippen molar-refractivity contribution >= 4 is 21.9 Å². The van der Waals surface area contributed by atoms with Gasteiger partial charge in [0.05, 0.1) is 23.7 Å². The highest BCUT2D eigenvalue weighted by Gasteiger charge is 2.40. The first-order valence-corrected chi connectivity index (χ1v) is 9.78. The molecule has 0 aliphatic carbocycles. The van der Waals surface area contributed by atoms with Crippen LogP contribution in [0.3, 0.4) is 0 Å². The fraction of sp³-hybridized carbons (Fsp3) is 0.211. The van der Waals surface area contributed by atoms with Gasteiger partial charge in [-0.1, -0.05) is 12.1 Å². The molecular weight excluding hydrogens is 384 g/mol. The molecule has 0 aromatic heterocycles. The highest BCUT2D eigenvalue weighted by Crippen LogP contribution is 2.29. The van der Waals surface area contributed by atoms with Crippen LogP contribution in [0.25, 0.3) is 0 Å². The Morgan fingerprint density at radius 2 is 1.86 bits per heavy atom. The lowest BCUT2D eigenvalue weighted by atomic mass is 10.2. The van der Waals surface area contributed by atoms with Crippen molar-refractivity contribution in [3.8, 4) is 11.8 Å². The van der Waals surface area contributed by atoms with E-state index in [-0.39, 0.29) is 23.6 Å². The number of ether oxygens (including phenoxy) is 2. The van der Waals surface area contributed by atoms with E-state index < -0.39 is 28.0 Å². The van der Waals surface area contributed by atoms with Crippen molar-refractivity contribution in [3.63, 3.8) is 0 Å². The minimum Gasteiger partial charge on any atom is -0.479 e. The zero-order valence-corrected chi connectivity index (χ0v) is 15.7. The maximum atomic E-state index is 12.4. The number of sulfonamides is 1. The third-order valence-electron chi connectivity index (χ3n) is 4.08. The van der Waals surface area contributed by atoms with Crippen LogP contribution in [0.2, 0.25) is 0 Å². The number of carbonyl (C=O) groups excluding carboxylic acids is 2. The summed E-state index contributed by atoms with van der Waals surface area (Å²) in [6.07, 6.45) is -0.948. The maximum Gasteiger partial charge on any atom is 0.347 e. The van der Waals surface area contributed by atoms with Crippen LogP contribution < -0.4 is 4.74 Å². The molecule has 2 aromatic carbocycles. The van der Waals surface area contributed by atoms with Gasteiger partial charge in [0.15, 0.2) is 6.10 Å². The molecule has 0 N–H and O–H groups in total. The van der Waals surface area contributed by atoms with Crippen molar-refractivity contribution in [1.29, 1.82) is 5.26 Å². The van der Waals surface area contributed by atoms with E-state index in [4.69, 9.17) is 14.7 Å². The van der Waals surface area contributed by atoms with E-state index in [0.29, 0.717) is 15.6 Å². The first kappa shape index (κ1) is 19.4. The van der Waals surface area contributed by atoms with Gasteiger partial charge in [-0.05, 0) is 43.3 Å². The molecule has 0 saturated carbocycles. The van der Waals surface area contributed by atoms with Crippen LogP contribution >= 0.6 is 0 Å². The van der Waals surface area contributed by atoms with Gasteiger partial charge in [-0.15, -0.1) is 0 Å². The lowest BCUT2D eigenvalue weighted by Crippen LogP contribution is -2.35. The molecule has 9 heteroatoms. The van der Waals surface area contributed by atoms with Crippen LogP contribution in [-0.2, 0) is 19.6 Å². The van der Waals surface area contributed by atoms with Crippen LogP contribution in [0, 0.1) is 11.3 Å². The SMILES string of the molecule is C[C@H](Oc1ccc(C#N)cc1)C(=O)OCCN1C(=O)c2ccccc2S1(=O)=O. The average Bonchev–Trinajstić information content (AvgIpc) is 2.89. The number of nitrogens with zero attached hydrogens (tertiary/aromatic N) is 2. The summed E-state index contributed by atoms with van der Waals surface area (Å²) in [4.78, 5) is 24.3. The van der Waals surface area contributed by atoms with Crippen LogP contribution in [-0.4, -0.2) is 43.9 Å².